The van der Waals surface area contributed by atoms with Crippen molar-refractivity contribution in [2.75, 3.05) is 11.4 Å². The summed E-state index contributed by atoms with van der Waals surface area (Å²) in [5, 5.41) is 23.2. The van der Waals surface area contributed by atoms with Crippen molar-refractivity contribution in [1.82, 2.24) is 5.32 Å². The molecule has 0 heterocycles. The average Bonchev–Trinajstić information content (AvgIpc) is 3.21. The van der Waals surface area contributed by atoms with E-state index in [1.165, 1.54) is 12.1 Å². The largest absolute Gasteiger partial charge is 0.390 e. The fourth-order valence-electron chi connectivity index (χ4n) is 4.47. The van der Waals surface area contributed by atoms with E-state index in [-0.39, 0.29) is 11.9 Å². The zero-order chi connectivity index (χ0) is 23.1. The molecule has 0 aromatic heterocycles. The topological polar surface area (TPSA) is 76.4 Å². The van der Waals surface area contributed by atoms with Crippen LogP contribution in [0, 0.1) is 24.1 Å². The van der Waals surface area contributed by atoms with Gasteiger partial charge >= 0.3 is 0 Å². The average molecular weight is 458 g/mol. The molecular weight excluding hydrogens is 429 g/mol. The molecule has 1 saturated carbocycles. The fourth-order valence-corrected chi connectivity index (χ4v) is 4.69. The van der Waals surface area contributed by atoms with E-state index >= 15 is 0 Å². The normalized spacial score (nSPS) is 15.7. The number of anilines is 1. The molecule has 32 heavy (non-hydrogen) atoms. The Morgan fingerprint density at radius 2 is 2.06 bits per heavy atom. The van der Waals surface area contributed by atoms with Crippen LogP contribution in [0.15, 0.2) is 36.4 Å². The Morgan fingerprint density at radius 1 is 1.31 bits per heavy atom. The summed E-state index contributed by atoms with van der Waals surface area (Å²) in [5.41, 5.74) is 2.24. The highest BCUT2D eigenvalue weighted by molar-refractivity contribution is 6.32. The van der Waals surface area contributed by atoms with E-state index in [2.05, 4.69) is 16.3 Å². The lowest BCUT2D eigenvalue weighted by molar-refractivity contribution is -0.109. The van der Waals surface area contributed by atoms with Gasteiger partial charge in [0, 0.05) is 24.8 Å². The highest BCUT2D eigenvalue weighted by Crippen LogP contribution is 2.35. The first-order chi connectivity index (χ1) is 15.3. The van der Waals surface area contributed by atoms with Gasteiger partial charge in [-0.2, -0.15) is 5.26 Å². The van der Waals surface area contributed by atoms with Crippen LogP contribution in [-0.4, -0.2) is 29.7 Å². The molecule has 2 N–H and O–H groups in total. The number of amides is 1. The van der Waals surface area contributed by atoms with Crippen molar-refractivity contribution in [3.05, 3.63) is 63.9 Å². The van der Waals surface area contributed by atoms with Crippen molar-refractivity contribution >= 4 is 23.7 Å². The smallest absolute Gasteiger partial charge is 0.207 e. The number of halogens is 2. The summed E-state index contributed by atoms with van der Waals surface area (Å²) in [6.07, 6.45) is 5.52. The second kappa shape index (κ2) is 10.8. The van der Waals surface area contributed by atoms with Crippen LogP contribution in [0.4, 0.5) is 10.1 Å². The van der Waals surface area contributed by atoms with Gasteiger partial charge in [0.25, 0.3) is 0 Å². The van der Waals surface area contributed by atoms with Crippen LogP contribution in [0.25, 0.3) is 0 Å². The summed E-state index contributed by atoms with van der Waals surface area (Å²) < 4.78 is 14.0. The van der Waals surface area contributed by atoms with Gasteiger partial charge in [-0.1, -0.05) is 30.5 Å². The molecule has 1 atom stereocenters. The van der Waals surface area contributed by atoms with E-state index in [9.17, 15) is 19.6 Å². The summed E-state index contributed by atoms with van der Waals surface area (Å²) >= 11 is 6.32. The zero-order valence-electron chi connectivity index (χ0n) is 18.3. The Bertz CT molecular complexity index is 986. The number of carbonyl (C=O) groups excluding carboxylic acids is 1. The Hall–Kier alpha value is -2.62. The van der Waals surface area contributed by atoms with E-state index < -0.39 is 5.60 Å². The minimum Gasteiger partial charge on any atom is -0.390 e. The molecule has 0 bridgehead atoms. The number of nitrogens with zero attached hydrogens (tertiary/aromatic N) is 2. The van der Waals surface area contributed by atoms with Gasteiger partial charge in [0.05, 0.1) is 16.2 Å². The molecule has 1 aliphatic rings. The summed E-state index contributed by atoms with van der Waals surface area (Å²) in [5.74, 6) is -0.314. The molecule has 0 radical (unpaired) electrons. The molecule has 1 unspecified atom stereocenters. The Kier molecular flexibility index (Phi) is 8.11. The van der Waals surface area contributed by atoms with E-state index in [1.54, 1.807) is 18.2 Å². The predicted molar refractivity (Wildman–Crippen MR) is 124 cm³/mol. The van der Waals surface area contributed by atoms with Crippen LogP contribution in [0.2, 0.25) is 5.02 Å². The zero-order valence-corrected chi connectivity index (χ0v) is 19.0. The van der Waals surface area contributed by atoms with Crippen LogP contribution in [-0.2, 0) is 11.3 Å². The minimum absolute atomic E-state index is 0.156. The highest BCUT2D eigenvalue weighted by Gasteiger charge is 2.32. The predicted octanol–water partition coefficient (Wildman–Crippen LogP) is 4.87. The van der Waals surface area contributed by atoms with Gasteiger partial charge in [-0.15, -0.1) is 0 Å². The third kappa shape index (κ3) is 5.99. The Balaban J connectivity index is 1.96. The van der Waals surface area contributed by atoms with Crippen molar-refractivity contribution in [2.24, 2.45) is 0 Å². The summed E-state index contributed by atoms with van der Waals surface area (Å²) in [6, 6.07) is 11.8. The highest BCUT2D eigenvalue weighted by atomic mass is 35.5. The first-order valence-corrected chi connectivity index (χ1v) is 11.3. The van der Waals surface area contributed by atoms with Crippen LogP contribution >= 0.6 is 11.6 Å². The number of aliphatic hydroxyl groups is 1. The second-order valence-electron chi connectivity index (χ2n) is 8.62. The maximum atomic E-state index is 14.0. The molecule has 170 valence electrons. The van der Waals surface area contributed by atoms with Crippen molar-refractivity contribution < 1.29 is 14.3 Å². The van der Waals surface area contributed by atoms with Crippen molar-refractivity contribution in [1.29, 1.82) is 5.26 Å². The molecule has 1 amide bonds. The SMILES string of the molecule is Cc1ccc(F)cc1CN(c1ccc(C#N)c(Cl)c1)C(CCC1(O)CCCC1)CNC=O. The van der Waals surface area contributed by atoms with Crippen LogP contribution in [0.1, 0.15) is 55.2 Å². The van der Waals surface area contributed by atoms with Crippen molar-refractivity contribution in [2.45, 2.75) is 63.6 Å². The maximum absolute atomic E-state index is 14.0. The maximum Gasteiger partial charge on any atom is 0.207 e. The second-order valence-corrected chi connectivity index (χ2v) is 9.03. The van der Waals surface area contributed by atoms with Gasteiger partial charge < -0.3 is 15.3 Å². The van der Waals surface area contributed by atoms with Crippen LogP contribution < -0.4 is 10.2 Å². The first kappa shape index (κ1) is 24.0. The number of nitrogens with one attached hydrogen (secondary N) is 1. The lowest BCUT2D eigenvalue weighted by Crippen LogP contribution is -2.43. The number of rotatable bonds is 10. The number of hydrogen-bond donors (Lipinski definition) is 2. The lowest BCUT2D eigenvalue weighted by Gasteiger charge is -2.36. The first-order valence-electron chi connectivity index (χ1n) is 11.0. The lowest BCUT2D eigenvalue weighted by atomic mass is 9.92. The van der Waals surface area contributed by atoms with Gasteiger partial charge in [0.2, 0.25) is 6.41 Å². The number of aryl methyl sites for hydroxylation is 1. The van der Waals surface area contributed by atoms with Crippen LogP contribution in [0.5, 0.6) is 0 Å². The Labute approximate surface area is 193 Å². The van der Waals surface area contributed by atoms with E-state index in [4.69, 9.17) is 11.6 Å². The molecule has 1 aliphatic carbocycles. The quantitative estimate of drug-likeness (QED) is 0.499. The van der Waals surface area contributed by atoms with Gasteiger partial charge in [0.15, 0.2) is 0 Å². The Morgan fingerprint density at radius 3 is 2.72 bits per heavy atom. The summed E-state index contributed by atoms with van der Waals surface area (Å²) in [4.78, 5) is 13.2. The molecule has 2 aromatic rings. The molecule has 0 saturated heterocycles. The number of hydrogen-bond acceptors (Lipinski definition) is 4. The number of carbonyl (C=O) groups is 1. The van der Waals surface area contributed by atoms with Crippen molar-refractivity contribution in [3.8, 4) is 6.07 Å². The number of nitriles is 1. The van der Waals surface area contributed by atoms with E-state index in [0.717, 1.165) is 42.5 Å². The molecule has 3 rings (SSSR count). The van der Waals surface area contributed by atoms with Gasteiger partial charge in [-0.05, 0) is 74.1 Å². The molecule has 1 fully saturated rings. The molecule has 0 spiro atoms. The molecular formula is C25H29ClFN3O2. The molecule has 7 heteroatoms. The van der Waals surface area contributed by atoms with Gasteiger partial charge in [-0.3, -0.25) is 4.79 Å². The number of benzene rings is 2. The van der Waals surface area contributed by atoms with Gasteiger partial charge in [0.1, 0.15) is 11.9 Å². The van der Waals surface area contributed by atoms with Crippen LogP contribution in [0.3, 0.4) is 0 Å². The third-order valence-corrected chi connectivity index (χ3v) is 6.72. The monoisotopic (exact) mass is 457 g/mol. The van der Waals surface area contributed by atoms with Gasteiger partial charge in [-0.25, -0.2) is 4.39 Å². The minimum atomic E-state index is -0.678. The van der Waals surface area contributed by atoms with E-state index in [1.807, 2.05) is 13.0 Å². The van der Waals surface area contributed by atoms with Crippen molar-refractivity contribution in [3.63, 3.8) is 0 Å². The standard InChI is InChI=1S/C25H29ClFN3O2/c1-18-4-6-21(27)12-20(18)16-30(22-7-5-19(14-28)24(26)13-22)23(15-29-17-31)8-11-25(32)9-2-3-10-25/h4-7,12-13,17,23,32H,2-3,8-11,15-16H2,1H3,(H,29,31). The molecule has 2 aromatic carbocycles. The summed E-state index contributed by atoms with van der Waals surface area (Å²) in [7, 11) is 0. The molecule has 0 aliphatic heterocycles. The summed E-state index contributed by atoms with van der Waals surface area (Å²) in [6.45, 7) is 2.69. The third-order valence-electron chi connectivity index (χ3n) is 6.41. The van der Waals surface area contributed by atoms with E-state index in [0.29, 0.717) is 42.9 Å². The fraction of sp³-hybridized carbons (Fsp3) is 0.440. The molecule has 5 nitrogen and oxygen atoms in total.